The van der Waals surface area contributed by atoms with Gasteiger partial charge in [0.2, 0.25) is 0 Å². The van der Waals surface area contributed by atoms with Crippen LogP contribution in [0.5, 0.6) is 0 Å². The van der Waals surface area contributed by atoms with E-state index in [1.54, 1.807) is 7.11 Å². The molecule has 2 aliphatic rings. The molecule has 1 spiro atoms. The number of para-hydroxylation sites is 1. The zero-order valence-electron chi connectivity index (χ0n) is 19.6. The Kier molecular flexibility index (Phi) is 6.39. The van der Waals surface area contributed by atoms with Crippen LogP contribution in [0.3, 0.4) is 0 Å². The van der Waals surface area contributed by atoms with Crippen molar-refractivity contribution in [2.45, 2.75) is 37.9 Å². The van der Waals surface area contributed by atoms with Crippen molar-refractivity contribution in [2.24, 2.45) is 0 Å². The lowest BCUT2D eigenvalue weighted by Crippen LogP contribution is -2.56. The largest absolute Gasteiger partial charge is 0.460 e. The summed E-state index contributed by atoms with van der Waals surface area (Å²) in [7, 11) is 1.66. The van der Waals surface area contributed by atoms with E-state index in [-0.39, 0.29) is 11.9 Å². The molecule has 0 saturated carbocycles. The van der Waals surface area contributed by atoms with Crippen LogP contribution in [0.4, 0.5) is 4.79 Å². The molecule has 2 fully saturated rings. The number of carbonyl (C=O) groups is 2. The molecule has 5 rings (SSSR count). The number of urea groups is 1. The van der Waals surface area contributed by atoms with Crippen molar-refractivity contribution in [3.63, 3.8) is 0 Å². The van der Waals surface area contributed by atoms with E-state index in [0.717, 1.165) is 35.4 Å². The Hall–Kier alpha value is -3.16. The van der Waals surface area contributed by atoms with Crippen LogP contribution < -0.4 is 0 Å². The van der Waals surface area contributed by atoms with Gasteiger partial charge in [0.05, 0.1) is 13.1 Å². The number of rotatable bonds is 8. The molecule has 2 aromatic carbocycles. The van der Waals surface area contributed by atoms with Crippen LogP contribution in [0.25, 0.3) is 11.0 Å². The van der Waals surface area contributed by atoms with Gasteiger partial charge < -0.3 is 14.1 Å². The highest BCUT2D eigenvalue weighted by atomic mass is 16.5. The molecule has 7 nitrogen and oxygen atoms in total. The number of hydrogen-bond donors (Lipinski definition) is 0. The van der Waals surface area contributed by atoms with Gasteiger partial charge >= 0.3 is 6.03 Å². The highest BCUT2D eigenvalue weighted by molar-refractivity contribution is 6.07. The van der Waals surface area contributed by atoms with Crippen molar-refractivity contribution < 1.29 is 18.7 Å². The lowest BCUT2D eigenvalue weighted by molar-refractivity contribution is -0.136. The topological polar surface area (TPSA) is 66.2 Å². The summed E-state index contributed by atoms with van der Waals surface area (Å²) >= 11 is 0. The quantitative estimate of drug-likeness (QED) is 0.370. The molecular weight excluding hydrogens is 430 g/mol. The first kappa shape index (κ1) is 22.6. The lowest BCUT2D eigenvalue weighted by Gasteiger charge is -2.42. The second-order valence-electron chi connectivity index (χ2n) is 9.22. The van der Waals surface area contributed by atoms with E-state index in [2.05, 4.69) is 17.0 Å². The van der Waals surface area contributed by atoms with E-state index in [1.807, 2.05) is 53.4 Å². The SMILES string of the molecule is COCCCN1C(=O)N(Cc2ccccc2)C(=O)C12CCN(Cc1cc3ccccc3o1)CC2. The molecule has 0 unspecified atom stereocenters. The summed E-state index contributed by atoms with van der Waals surface area (Å²) < 4.78 is 11.2. The molecule has 2 aliphatic heterocycles. The number of nitrogens with zero attached hydrogens (tertiary/aromatic N) is 3. The van der Waals surface area contributed by atoms with Crippen LogP contribution in [0.15, 0.2) is 65.1 Å². The van der Waals surface area contributed by atoms with Gasteiger partial charge in [0, 0.05) is 38.7 Å². The minimum atomic E-state index is -0.774. The van der Waals surface area contributed by atoms with E-state index in [9.17, 15) is 9.59 Å². The first-order chi connectivity index (χ1) is 16.6. The van der Waals surface area contributed by atoms with Crippen molar-refractivity contribution in [1.82, 2.24) is 14.7 Å². The Bertz CT molecular complexity index is 1120. The zero-order chi connectivity index (χ0) is 23.5. The number of carbonyl (C=O) groups excluding carboxylic acids is 2. The Morgan fingerprint density at radius 3 is 2.44 bits per heavy atom. The summed E-state index contributed by atoms with van der Waals surface area (Å²) in [6.07, 6.45) is 1.95. The van der Waals surface area contributed by atoms with Gasteiger partial charge in [-0.25, -0.2) is 4.79 Å². The van der Waals surface area contributed by atoms with Gasteiger partial charge in [0.1, 0.15) is 16.9 Å². The summed E-state index contributed by atoms with van der Waals surface area (Å²) in [6, 6.07) is 19.6. The van der Waals surface area contributed by atoms with Crippen LogP contribution in [-0.2, 0) is 22.6 Å². The van der Waals surface area contributed by atoms with Crippen molar-refractivity contribution >= 4 is 22.9 Å². The van der Waals surface area contributed by atoms with Gasteiger partial charge in [-0.2, -0.15) is 0 Å². The second-order valence-corrected chi connectivity index (χ2v) is 9.22. The fourth-order valence-corrected chi connectivity index (χ4v) is 5.26. The van der Waals surface area contributed by atoms with Crippen LogP contribution in [-0.4, -0.2) is 65.5 Å². The van der Waals surface area contributed by atoms with Crippen molar-refractivity contribution in [3.05, 3.63) is 72.0 Å². The molecule has 3 amide bonds. The minimum Gasteiger partial charge on any atom is -0.460 e. The van der Waals surface area contributed by atoms with Gasteiger partial charge in [-0.05, 0) is 37.0 Å². The molecule has 7 heteroatoms. The standard InChI is InChI=1S/C27H31N3O4/c1-33-17-7-14-30-26(32)29(19-21-8-3-2-4-9-21)25(31)27(30)12-15-28(16-13-27)20-23-18-22-10-5-6-11-24(22)34-23/h2-6,8-11,18H,7,12-17,19-20H2,1H3. The monoisotopic (exact) mass is 461 g/mol. The number of ether oxygens (including phenoxy) is 1. The fraction of sp³-hybridized carbons (Fsp3) is 0.407. The molecule has 3 heterocycles. The Balaban J connectivity index is 1.32. The van der Waals surface area contributed by atoms with Crippen molar-refractivity contribution in [2.75, 3.05) is 33.4 Å². The first-order valence-corrected chi connectivity index (χ1v) is 12.0. The lowest BCUT2D eigenvalue weighted by atomic mass is 9.85. The van der Waals surface area contributed by atoms with E-state index in [0.29, 0.717) is 45.5 Å². The molecule has 3 aromatic rings. The second kappa shape index (κ2) is 9.60. The molecule has 0 bridgehead atoms. The van der Waals surface area contributed by atoms with Crippen LogP contribution in [0.1, 0.15) is 30.6 Å². The molecule has 0 aliphatic carbocycles. The Morgan fingerprint density at radius 1 is 0.971 bits per heavy atom. The maximum atomic E-state index is 13.7. The third kappa shape index (κ3) is 4.21. The zero-order valence-corrected chi connectivity index (χ0v) is 19.6. The number of benzene rings is 2. The van der Waals surface area contributed by atoms with E-state index in [4.69, 9.17) is 9.15 Å². The average Bonchev–Trinajstić information content (AvgIpc) is 3.35. The summed E-state index contributed by atoms with van der Waals surface area (Å²) in [5.41, 5.74) is 1.08. The molecule has 0 radical (unpaired) electrons. The highest BCUT2D eigenvalue weighted by Crippen LogP contribution is 2.38. The van der Waals surface area contributed by atoms with Crippen molar-refractivity contribution in [1.29, 1.82) is 0 Å². The summed E-state index contributed by atoms with van der Waals surface area (Å²) in [5.74, 6) is 0.857. The molecule has 178 valence electrons. The van der Waals surface area contributed by atoms with E-state index >= 15 is 0 Å². The van der Waals surface area contributed by atoms with Gasteiger partial charge in [-0.1, -0.05) is 48.5 Å². The molecule has 34 heavy (non-hydrogen) atoms. The maximum Gasteiger partial charge on any atom is 0.327 e. The van der Waals surface area contributed by atoms with Gasteiger partial charge in [-0.3, -0.25) is 14.6 Å². The summed E-state index contributed by atoms with van der Waals surface area (Å²) in [4.78, 5) is 32.7. The normalized spacial score (nSPS) is 18.5. The predicted octanol–water partition coefficient (Wildman–Crippen LogP) is 4.27. The smallest absolute Gasteiger partial charge is 0.327 e. The number of piperidine rings is 1. The number of amides is 3. The third-order valence-corrected chi connectivity index (χ3v) is 7.07. The molecule has 0 N–H and O–H groups in total. The minimum absolute atomic E-state index is 0.0674. The Morgan fingerprint density at radius 2 is 1.71 bits per heavy atom. The average molecular weight is 462 g/mol. The van der Waals surface area contributed by atoms with E-state index < -0.39 is 5.54 Å². The van der Waals surface area contributed by atoms with E-state index in [1.165, 1.54) is 4.90 Å². The number of furan rings is 1. The number of hydrogen-bond acceptors (Lipinski definition) is 5. The van der Waals surface area contributed by atoms with Gasteiger partial charge in [0.25, 0.3) is 5.91 Å². The molecule has 0 atom stereocenters. The number of methoxy groups -OCH3 is 1. The summed E-state index contributed by atoms with van der Waals surface area (Å²) in [6.45, 7) is 3.55. The number of likely N-dealkylation sites (tertiary alicyclic amines) is 1. The first-order valence-electron chi connectivity index (χ1n) is 12.0. The number of imide groups is 1. The third-order valence-electron chi connectivity index (χ3n) is 7.07. The molecule has 2 saturated heterocycles. The van der Waals surface area contributed by atoms with Gasteiger partial charge in [-0.15, -0.1) is 0 Å². The van der Waals surface area contributed by atoms with Crippen LogP contribution >= 0.6 is 0 Å². The predicted molar refractivity (Wildman–Crippen MR) is 129 cm³/mol. The van der Waals surface area contributed by atoms with Crippen LogP contribution in [0.2, 0.25) is 0 Å². The van der Waals surface area contributed by atoms with Crippen molar-refractivity contribution in [3.8, 4) is 0 Å². The van der Waals surface area contributed by atoms with Gasteiger partial charge in [0.15, 0.2) is 0 Å². The van der Waals surface area contributed by atoms with Crippen LogP contribution in [0, 0.1) is 0 Å². The molecule has 1 aromatic heterocycles. The molecular formula is C27H31N3O4. The summed E-state index contributed by atoms with van der Waals surface area (Å²) in [5, 5.41) is 1.10. The maximum absolute atomic E-state index is 13.7. The highest BCUT2D eigenvalue weighted by Gasteiger charge is 2.57. The fourth-order valence-electron chi connectivity index (χ4n) is 5.26. The Labute approximate surface area is 199 Å². The number of fused-ring (bicyclic) bond motifs is 1.